The molecule has 1 aromatic carbocycles. The fourth-order valence-corrected chi connectivity index (χ4v) is 4.34. The minimum absolute atomic E-state index is 0.229. The molecule has 1 saturated heterocycles. The summed E-state index contributed by atoms with van der Waals surface area (Å²) >= 11 is 1.14. The van der Waals surface area contributed by atoms with E-state index in [9.17, 15) is 9.59 Å². The molecule has 0 saturated carbocycles. The topological polar surface area (TPSA) is 99.7 Å². The first-order chi connectivity index (χ1) is 17.0. The van der Waals surface area contributed by atoms with Crippen molar-refractivity contribution in [2.75, 3.05) is 51.0 Å². The standard InChI is InChI=1S/C25H26N6O3S/c1-4-22(32)26-18-8-5-7-17(15-18)23(33)24-28-29-25(35-24)27-20-10-6-9-19(16-21(20)34-3)31-13-11-30(2)12-14-31/h4-5,7-8,15-16H,1,10-14H2,2-3H3,(H,26,32)(H,27,29). The number of ketones is 1. The van der Waals surface area contributed by atoms with E-state index in [1.54, 1.807) is 31.4 Å². The van der Waals surface area contributed by atoms with Crippen molar-refractivity contribution in [3.63, 3.8) is 0 Å². The number of allylic oxidation sites excluding steroid dienone is 3. The van der Waals surface area contributed by atoms with Crippen LogP contribution in [-0.2, 0) is 9.53 Å². The Morgan fingerprint density at radius 3 is 2.77 bits per heavy atom. The molecule has 2 heterocycles. The summed E-state index contributed by atoms with van der Waals surface area (Å²) in [7, 11) is 3.74. The first-order valence-corrected chi connectivity index (χ1v) is 11.9. The highest BCUT2D eigenvalue weighted by Gasteiger charge is 2.20. The van der Waals surface area contributed by atoms with Crippen molar-refractivity contribution in [2.24, 2.45) is 0 Å². The third kappa shape index (κ3) is 5.95. The number of piperazine rings is 1. The molecule has 9 nitrogen and oxygen atoms in total. The smallest absolute Gasteiger partial charge is 0.247 e. The van der Waals surface area contributed by atoms with Gasteiger partial charge in [-0.2, -0.15) is 0 Å². The van der Waals surface area contributed by atoms with E-state index in [0.717, 1.165) is 48.9 Å². The zero-order valence-corrected chi connectivity index (χ0v) is 20.4. The predicted molar refractivity (Wildman–Crippen MR) is 136 cm³/mol. The second-order valence-corrected chi connectivity index (χ2v) is 8.96. The Bertz CT molecular complexity index is 1260. The summed E-state index contributed by atoms with van der Waals surface area (Å²) in [5.74, 6) is 6.46. The lowest BCUT2D eigenvalue weighted by molar-refractivity contribution is -0.111. The Labute approximate surface area is 208 Å². The molecular formula is C25H26N6O3S. The molecule has 0 atom stereocenters. The minimum Gasteiger partial charge on any atom is -0.495 e. The number of rotatable bonds is 8. The highest BCUT2D eigenvalue weighted by molar-refractivity contribution is 7.17. The van der Waals surface area contributed by atoms with E-state index in [1.807, 2.05) is 6.08 Å². The quantitative estimate of drug-likeness (QED) is 0.331. The van der Waals surface area contributed by atoms with Gasteiger partial charge in [-0.15, -0.1) is 10.2 Å². The highest BCUT2D eigenvalue weighted by Crippen LogP contribution is 2.25. The molecule has 1 aliphatic heterocycles. The number of likely N-dealkylation sites (N-methyl/N-ethyl adjacent to an activating group) is 1. The first-order valence-electron chi connectivity index (χ1n) is 11.1. The zero-order chi connectivity index (χ0) is 24.8. The molecule has 0 spiro atoms. The van der Waals surface area contributed by atoms with E-state index in [0.29, 0.717) is 28.6 Å². The average Bonchev–Trinajstić information content (AvgIpc) is 3.24. The van der Waals surface area contributed by atoms with Crippen LogP contribution in [0.15, 0.2) is 60.1 Å². The molecule has 2 aliphatic rings. The summed E-state index contributed by atoms with van der Waals surface area (Å²) in [4.78, 5) is 29.1. The van der Waals surface area contributed by atoms with E-state index in [2.05, 4.69) is 56.1 Å². The number of hydrogen-bond donors (Lipinski definition) is 2. The summed E-state index contributed by atoms with van der Waals surface area (Å²) < 4.78 is 5.65. The van der Waals surface area contributed by atoms with Crippen LogP contribution in [0.25, 0.3) is 0 Å². The summed E-state index contributed by atoms with van der Waals surface area (Å²) in [5, 5.41) is 14.8. The molecule has 1 fully saturated rings. The van der Waals surface area contributed by atoms with E-state index in [4.69, 9.17) is 4.74 Å². The Balaban J connectivity index is 1.49. The number of hydrogen-bond acceptors (Lipinski definition) is 9. The summed E-state index contributed by atoms with van der Waals surface area (Å²) in [5.41, 5.74) is 2.58. The molecular weight excluding hydrogens is 464 g/mol. The van der Waals surface area contributed by atoms with Crippen molar-refractivity contribution < 1.29 is 14.3 Å². The molecule has 2 aromatic rings. The fourth-order valence-electron chi connectivity index (χ4n) is 3.61. The maximum atomic E-state index is 12.9. The van der Waals surface area contributed by atoms with Gasteiger partial charge in [0.1, 0.15) is 5.76 Å². The average molecular weight is 491 g/mol. The molecule has 0 unspecified atom stereocenters. The number of carbonyl (C=O) groups is 2. The molecule has 4 rings (SSSR count). The fraction of sp³-hybridized carbons (Fsp3) is 0.280. The molecule has 1 aliphatic carbocycles. The lowest BCUT2D eigenvalue weighted by Crippen LogP contribution is -2.43. The minimum atomic E-state index is -0.351. The van der Waals surface area contributed by atoms with Gasteiger partial charge in [0.05, 0.1) is 24.9 Å². The van der Waals surface area contributed by atoms with Crippen molar-refractivity contribution >= 4 is 33.8 Å². The predicted octanol–water partition coefficient (Wildman–Crippen LogP) is 2.70. The normalized spacial score (nSPS) is 15.9. The van der Waals surface area contributed by atoms with Crippen molar-refractivity contribution in [1.29, 1.82) is 0 Å². The van der Waals surface area contributed by atoms with E-state index in [-0.39, 0.29) is 16.7 Å². The highest BCUT2D eigenvalue weighted by atomic mass is 32.1. The molecule has 1 amide bonds. The van der Waals surface area contributed by atoms with Gasteiger partial charge in [-0.05, 0) is 31.2 Å². The van der Waals surface area contributed by atoms with Gasteiger partial charge >= 0.3 is 0 Å². The van der Waals surface area contributed by atoms with E-state index < -0.39 is 0 Å². The number of anilines is 2. The maximum absolute atomic E-state index is 12.9. The Kier molecular flexibility index (Phi) is 7.60. The molecule has 10 heteroatoms. The van der Waals surface area contributed by atoms with Crippen LogP contribution in [0.3, 0.4) is 0 Å². The summed E-state index contributed by atoms with van der Waals surface area (Å²) in [6.07, 6.45) is 3.57. The Morgan fingerprint density at radius 1 is 1.23 bits per heavy atom. The van der Waals surface area contributed by atoms with Gasteiger partial charge < -0.3 is 25.2 Å². The van der Waals surface area contributed by atoms with Crippen LogP contribution in [-0.4, -0.2) is 72.0 Å². The van der Waals surface area contributed by atoms with Crippen LogP contribution >= 0.6 is 11.3 Å². The SMILES string of the molecule is C=CC(=O)Nc1cccc(C(=O)c2nnc(NC3=C(OC)C=C(N4CCN(C)CC4)C#CC3)s2)c1. The van der Waals surface area contributed by atoms with Crippen LogP contribution < -0.4 is 10.6 Å². The van der Waals surface area contributed by atoms with Crippen LogP contribution in [0.5, 0.6) is 0 Å². The van der Waals surface area contributed by atoms with E-state index in [1.165, 1.54) is 6.08 Å². The Morgan fingerprint density at radius 2 is 2.03 bits per heavy atom. The summed E-state index contributed by atoms with van der Waals surface area (Å²) in [6.45, 7) is 7.23. The van der Waals surface area contributed by atoms with Gasteiger partial charge in [0, 0.05) is 43.5 Å². The summed E-state index contributed by atoms with van der Waals surface area (Å²) in [6, 6.07) is 6.64. The maximum Gasteiger partial charge on any atom is 0.247 e. The second-order valence-electron chi connectivity index (χ2n) is 7.99. The number of nitrogens with one attached hydrogen (secondary N) is 2. The lowest BCUT2D eigenvalue weighted by Gasteiger charge is -2.33. The van der Waals surface area contributed by atoms with Gasteiger partial charge in [0.25, 0.3) is 0 Å². The van der Waals surface area contributed by atoms with E-state index >= 15 is 0 Å². The largest absolute Gasteiger partial charge is 0.495 e. The molecule has 35 heavy (non-hydrogen) atoms. The van der Waals surface area contributed by atoms with Gasteiger partial charge in [-0.1, -0.05) is 36.0 Å². The lowest BCUT2D eigenvalue weighted by atomic mass is 10.1. The van der Waals surface area contributed by atoms with Gasteiger partial charge in [0.15, 0.2) is 5.01 Å². The molecule has 1 aromatic heterocycles. The van der Waals surface area contributed by atoms with Crippen LogP contribution in [0.2, 0.25) is 0 Å². The molecule has 0 radical (unpaired) electrons. The number of benzene rings is 1. The number of amides is 1. The van der Waals surface area contributed by atoms with Crippen molar-refractivity contribution in [3.05, 3.63) is 70.7 Å². The first kappa shape index (κ1) is 24.2. The van der Waals surface area contributed by atoms with Crippen molar-refractivity contribution in [2.45, 2.75) is 6.42 Å². The number of aromatic nitrogens is 2. The van der Waals surface area contributed by atoms with Gasteiger partial charge in [0.2, 0.25) is 16.8 Å². The van der Waals surface area contributed by atoms with Crippen molar-refractivity contribution in [1.82, 2.24) is 20.0 Å². The monoisotopic (exact) mass is 490 g/mol. The zero-order valence-electron chi connectivity index (χ0n) is 19.6. The van der Waals surface area contributed by atoms with Gasteiger partial charge in [-0.3, -0.25) is 9.59 Å². The molecule has 0 bridgehead atoms. The number of carbonyl (C=O) groups excluding carboxylic acids is 2. The Hall–Kier alpha value is -3.94. The van der Waals surface area contributed by atoms with Crippen molar-refractivity contribution in [3.8, 4) is 11.8 Å². The number of ether oxygens (including phenoxy) is 1. The van der Waals surface area contributed by atoms with Crippen LogP contribution in [0, 0.1) is 11.8 Å². The number of nitrogens with zero attached hydrogens (tertiary/aromatic N) is 4. The molecule has 2 N–H and O–H groups in total. The number of methoxy groups -OCH3 is 1. The third-order valence-electron chi connectivity index (χ3n) is 5.57. The molecule has 180 valence electrons. The van der Waals surface area contributed by atoms with Crippen LogP contribution in [0.1, 0.15) is 21.8 Å². The van der Waals surface area contributed by atoms with Gasteiger partial charge in [-0.25, -0.2) is 0 Å². The van der Waals surface area contributed by atoms with Crippen LogP contribution in [0.4, 0.5) is 10.8 Å². The second kappa shape index (κ2) is 11.0. The third-order valence-corrected chi connectivity index (χ3v) is 6.40.